The van der Waals surface area contributed by atoms with Crippen LogP contribution in [0.15, 0.2) is 54.6 Å². The molecule has 2 amide bonds. The topological polar surface area (TPSA) is 202 Å². The number of carbonyl (C=O) groups excluding carboxylic acids is 5. The Morgan fingerprint density at radius 3 is 2.06 bits per heavy atom. The number of esters is 2. The third-order valence-corrected chi connectivity index (χ3v) is 8.67. The van der Waals surface area contributed by atoms with Crippen LogP contribution in [0.2, 0.25) is 0 Å². The second-order valence-corrected chi connectivity index (χ2v) is 12.7. The summed E-state index contributed by atoms with van der Waals surface area (Å²) < 4.78 is 29.6. The quantitative estimate of drug-likeness (QED) is 0.125. The first-order valence-corrected chi connectivity index (χ1v) is 16.2. The van der Waals surface area contributed by atoms with Crippen LogP contribution in [0.4, 0.5) is 10.1 Å². The highest BCUT2D eigenvalue weighted by atomic mass is 32.1. The van der Waals surface area contributed by atoms with Crippen molar-refractivity contribution in [1.29, 1.82) is 0 Å². The van der Waals surface area contributed by atoms with Crippen molar-refractivity contribution in [2.24, 2.45) is 5.92 Å². The van der Waals surface area contributed by atoms with Crippen LogP contribution in [0.5, 0.6) is 23.0 Å². The molecule has 2 aliphatic rings. The van der Waals surface area contributed by atoms with E-state index in [1.54, 1.807) is 38.1 Å². The van der Waals surface area contributed by atoms with Gasteiger partial charge in [0.15, 0.2) is 16.5 Å². The summed E-state index contributed by atoms with van der Waals surface area (Å²) in [6.07, 6.45) is -0.576. The standard InChI is InChI=1S/C35H35FN4O10S/c1-16(2)30(32(46)37-17(3)31(45)39-25(26(43)15-36)14-29(44)48-4)40-34(51)38-18-5-8-22-21(11-18)33(47)50-35(22)23-9-6-19(41)12-27(23)49-28-13-20(42)7-10-24(28)35/h5-13,16-17,25,30,41-42H,14-15H2,1-4H3,(H,37,46)(H,39,45)(H2,38,40,51)/t17-,25-,30-/m0/s1. The van der Waals surface area contributed by atoms with E-state index >= 15 is 0 Å². The number of Topliss-reactive ketones (excluding diaryl/α,β-unsaturated/α-hetero) is 1. The Labute approximate surface area is 296 Å². The minimum atomic E-state index is -1.47. The molecule has 1 spiro atoms. The molecule has 3 aromatic rings. The number of alkyl halides is 1. The van der Waals surface area contributed by atoms with Crippen molar-refractivity contribution in [1.82, 2.24) is 16.0 Å². The van der Waals surface area contributed by atoms with Crippen molar-refractivity contribution in [3.63, 3.8) is 0 Å². The van der Waals surface area contributed by atoms with Gasteiger partial charge in [0.25, 0.3) is 0 Å². The van der Waals surface area contributed by atoms with Gasteiger partial charge in [-0.3, -0.25) is 19.2 Å². The normalized spacial score (nSPS) is 15.1. The maximum atomic E-state index is 13.4. The van der Waals surface area contributed by atoms with Gasteiger partial charge in [-0.15, -0.1) is 0 Å². The van der Waals surface area contributed by atoms with Gasteiger partial charge in [-0.25, -0.2) is 9.18 Å². The van der Waals surface area contributed by atoms with E-state index in [0.29, 0.717) is 22.4 Å². The van der Waals surface area contributed by atoms with E-state index in [0.717, 1.165) is 7.11 Å². The van der Waals surface area contributed by atoms with Crippen molar-refractivity contribution in [2.75, 3.05) is 19.1 Å². The number of rotatable bonds is 11. The summed E-state index contributed by atoms with van der Waals surface area (Å²) in [5, 5.41) is 31.0. The highest BCUT2D eigenvalue weighted by Gasteiger charge is 2.53. The van der Waals surface area contributed by atoms with Gasteiger partial charge in [0, 0.05) is 34.5 Å². The van der Waals surface area contributed by atoms with E-state index in [4.69, 9.17) is 21.7 Å². The molecule has 0 saturated carbocycles. The summed E-state index contributed by atoms with van der Waals surface area (Å²) in [4.78, 5) is 63.0. The number of hydrogen-bond acceptors (Lipinski definition) is 11. The summed E-state index contributed by atoms with van der Waals surface area (Å²) in [6.45, 7) is 3.43. The average molecular weight is 723 g/mol. The molecule has 14 nitrogen and oxygen atoms in total. The number of methoxy groups -OCH3 is 1. The number of ketones is 1. The molecule has 0 saturated heterocycles. The van der Waals surface area contributed by atoms with Crippen molar-refractivity contribution >= 4 is 52.6 Å². The largest absolute Gasteiger partial charge is 0.508 e. The van der Waals surface area contributed by atoms with Gasteiger partial charge in [0.1, 0.15) is 47.8 Å². The number of hydrogen-bond donors (Lipinski definition) is 6. The SMILES string of the molecule is COC(=O)C[C@H](NC(=O)[C@H](C)NC(=O)[C@@H](NC(=S)Nc1ccc2c(c1)C(=O)OC21c2ccc(O)cc2Oc2cc(O)ccc21)C(C)C)C(=O)CF. The number of anilines is 1. The lowest BCUT2D eigenvalue weighted by molar-refractivity contribution is -0.143. The van der Waals surface area contributed by atoms with Crippen LogP contribution in [-0.2, 0) is 34.3 Å². The van der Waals surface area contributed by atoms with Crippen LogP contribution in [0.1, 0.15) is 54.2 Å². The molecule has 0 bridgehead atoms. The van der Waals surface area contributed by atoms with Crippen molar-refractivity contribution in [2.45, 2.75) is 50.9 Å². The van der Waals surface area contributed by atoms with E-state index < -0.39 is 66.4 Å². The zero-order chi connectivity index (χ0) is 37.2. The Bertz CT molecular complexity index is 1880. The Kier molecular flexibility index (Phi) is 10.5. The molecular formula is C35H35FN4O10S. The van der Waals surface area contributed by atoms with Gasteiger partial charge >= 0.3 is 11.9 Å². The summed E-state index contributed by atoms with van der Waals surface area (Å²) >= 11 is 5.49. The number of phenolic OH excluding ortho intramolecular Hbond substituents is 2. The van der Waals surface area contributed by atoms with E-state index in [1.165, 1.54) is 37.3 Å². The molecule has 51 heavy (non-hydrogen) atoms. The van der Waals surface area contributed by atoms with E-state index in [-0.39, 0.29) is 39.6 Å². The summed E-state index contributed by atoms with van der Waals surface area (Å²) in [5.74, 6) is -3.96. The van der Waals surface area contributed by atoms with Gasteiger partial charge < -0.3 is 45.7 Å². The van der Waals surface area contributed by atoms with Crippen molar-refractivity contribution in [3.8, 4) is 23.0 Å². The number of phenols is 2. The lowest BCUT2D eigenvalue weighted by Crippen LogP contribution is -2.56. The zero-order valence-electron chi connectivity index (χ0n) is 27.9. The van der Waals surface area contributed by atoms with E-state index in [2.05, 4.69) is 26.0 Å². The minimum Gasteiger partial charge on any atom is -0.508 e. The first-order valence-electron chi connectivity index (χ1n) is 15.7. The van der Waals surface area contributed by atoms with Gasteiger partial charge in [0.05, 0.1) is 19.1 Å². The van der Waals surface area contributed by atoms with Crippen LogP contribution in [-0.4, -0.2) is 76.8 Å². The fourth-order valence-corrected chi connectivity index (χ4v) is 6.13. The number of aromatic hydroxyl groups is 2. The number of amides is 2. The van der Waals surface area contributed by atoms with E-state index in [1.807, 2.05) is 0 Å². The van der Waals surface area contributed by atoms with Crippen LogP contribution in [0, 0.1) is 5.92 Å². The molecule has 6 N–H and O–H groups in total. The van der Waals surface area contributed by atoms with Crippen molar-refractivity contribution in [3.05, 3.63) is 76.9 Å². The van der Waals surface area contributed by atoms with E-state index in [9.17, 15) is 38.6 Å². The first kappa shape index (κ1) is 36.5. The van der Waals surface area contributed by atoms with Crippen molar-refractivity contribution < 1.29 is 52.8 Å². The number of ether oxygens (including phenoxy) is 3. The Morgan fingerprint density at radius 2 is 1.49 bits per heavy atom. The monoisotopic (exact) mass is 722 g/mol. The molecule has 2 heterocycles. The van der Waals surface area contributed by atoms with Gasteiger partial charge in [-0.05, 0) is 61.5 Å². The van der Waals surface area contributed by atoms with Gasteiger partial charge in [-0.2, -0.15) is 0 Å². The van der Waals surface area contributed by atoms with Gasteiger partial charge in [0.2, 0.25) is 11.8 Å². The molecule has 3 aromatic carbocycles. The second kappa shape index (κ2) is 14.6. The number of fused-ring (bicyclic) bond motifs is 6. The predicted molar refractivity (Wildman–Crippen MR) is 183 cm³/mol. The molecule has 5 rings (SSSR count). The number of nitrogens with one attached hydrogen (secondary N) is 4. The molecule has 268 valence electrons. The third kappa shape index (κ3) is 7.26. The molecular weight excluding hydrogens is 687 g/mol. The molecule has 0 fully saturated rings. The smallest absolute Gasteiger partial charge is 0.340 e. The molecule has 0 aromatic heterocycles. The highest BCUT2D eigenvalue weighted by Crippen LogP contribution is 2.57. The fraction of sp³-hybridized carbons (Fsp3) is 0.314. The third-order valence-electron chi connectivity index (χ3n) is 8.45. The Hall–Kier alpha value is -5.77. The second-order valence-electron chi connectivity index (χ2n) is 12.3. The lowest BCUT2D eigenvalue weighted by atomic mass is 9.77. The number of carbonyl (C=O) groups is 5. The van der Waals surface area contributed by atoms with Crippen LogP contribution < -0.4 is 26.0 Å². The molecule has 0 unspecified atom stereocenters. The Balaban J connectivity index is 1.31. The first-order chi connectivity index (χ1) is 24.2. The van der Waals surface area contributed by atoms with Crippen LogP contribution >= 0.6 is 12.2 Å². The van der Waals surface area contributed by atoms with Gasteiger partial charge in [-0.1, -0.05) is 19.9 Å². The molecule has 0 aliphatic carbocycles. The maximum Gasteiger partial charge on any atom is 0.340 e. The molecule has 0 radical (unpaired) electrons. The average Bonchev–Trinajstić information content (AvgIpc) is 3.36. The minimum absolute atomic E-state index is 0.0152. The Morgan fingerprint density at radius 1 is 0.882 bits per heavy atom. The molecule has 3 atom stereocenters. The van der Waals surface area contributed by atoms with Crippen LogP contribution in [0.25, 0.3) is 0 Å². The summed E-state index contributed by atoms with van der Waals surface area (Å²) in [7, 11) is 1.09. The zero-order valence-corrected chi connectivity index (χ0v) is 28.7. The number of benzene rings is 3. The summed E-state index contributed by atoms with van der Waals surface area (Å²) in [5.41, 5.74) is 0.547. The lowest BCUT2D eigenvalue weighted by Gasteiger charge is -2.36. The summed E-state index contributed by atoms with van der Waals surface area (Å²) in [6, 6.07) is 10.1. The predicted octanol–water partition coefficient (Wildman–Crippen LogP) is 3.07. The molecule has 2 aliphatic heterocycles. The maximum absolute atomic E-state index is 13.4. The van der Waals surface area contributed by atoms with Crippen LogP contribution in [0.3, 0.4) is 0 Å². The number of thiocarbonyl (C=S) groups is 1. The fourth-order valence-electron chi connectivity index (χ4n) is 5.88. The highest BCUT2D eigenvalue weighted by molar-refractivity contribution is 7.80. The molecule has 16 heteroatoms. The number of halogens is 1.